The molecule has 0 radical (unpaired) electrons. The van der Waals surface area contributed by atoms with Crippen LogP contribution in [0.4, 0.5) is 17.1 Å². The second kappa shape index (κ2) is 20.3. The van der Waals surface area contributed by atoms with Crippen molar-refractivity contribution in [3.63, 3.8) is 0 Å². The SMILES string of the molecule is C=C/C=C(\C=C\C)C(=C\c1ccc(N(c2ccc(C=C(c3ccccc3)c3ccccc3)cc2)c2ccc(C=C(c3ccccc3)c3ccccc3)cc2)cc1)/c1ccccc1. The van der Waals surface area contributed by atoms with Crippen LogP contribution in [-0.2, 0) is 0 Å². The molecule has 0 heterocycles. The third-order valence-corrected chi connectivity index (χ3v) is 10.8. The normalized spacial score (nSPS) is 11.5. The first kappa shape index (κ1) is 40.8. The molecule has 0 aliphatic carbocycles. The van der Waals surface area contributed by atoms with E-state index in [2.05, 4.69) is 272 Å². The molecule has 0 amide bonds. The van der Waals surface area contributed by atoms with Crippen LogP contribution in [0.25, 0.3) is 34.9 Å². The highest BCUT2D eigenvalue weighted by Crippen LogP contribution is 2.37. The number of benzene rings is 8. The molecule has 0 saturated carbocycles. The lowest BCUT2D eigenvalue weighted by molar-refractivity contribution is 1.28. The number of anilines is 3. The molecule has 0 aromatic heterocycles. The van der Waals surface area contributed by atoms with E-state index in [0.29, 0.717) is 0 Å². The fraction of sp³-hybridized carbons (Fsp3) is 0.0164. The van der Waals surface area contributed by atoms with E-state index in [9.17, 15) is 0 Å². The molecular weight excluding hydrogens is 747 g/mol. The van der Waals surface area contributed by atoms with Gasteiger partial charge in [-0.2, -0.15) is 0 Å². The van der Waals surface area contributed by atoms with Gasteiger partial charge < -0.3 is 4.90 Å². The van der Waals surface area contributed by atoms with Gasteiger partial charge in [0.15, 0.2) is 0 Å². The van der Waals surface area contributed by atoms with E-state index in [1.807, 2.05) is 13.0 Å². The van der Waals surface area contributed by atoms with Crippen molar-refractivity contribution in [2.24, 2.45) is 0 Å². The number of rotatable bonds is 14. The molecule has 0 atom stereocenters. The van der Waals surface area contributed by atoms with E-state index in [1.54, 1.807) is 0 Å². The van der Waals surface area contributed by atoms with E-state index in [0.717, 1.165) is 50.5 Å². The summed E-state index contributed by atoms with van der Waals surface area (Å²) in [5.74, 6) is 0. The van der Waals surface area contributed by atoms with Gasteiger partial charge in [-0.15, -0.1) is 0 Å². The predicted molar refractivity (Wildman–Crippen MR) is 268 cm³/mol. The standard InChI is InChI=1S/C61H49N/c1-3-20-50(21-4-2)59(51-22-10-5-11-23-51)44-47-32-38-56(39-33-47)62(57-40-34-48(35-41-57)45-60(52-24-12-6-13-25-52)53-26-14-7-15-27-53)58-42-36-49(37-43-58)46-61(54-28-16-8-17-29-54)55-30-18-9-19-31-55/h3-46H,1H2,2H3/b21-4+,50-20+,59-44+. The topological polar surface area (TPSA) is 3.24 Å². The van der Waals surface area contributed by atoms with Crippen LogP contribution in [0.3, 0.4) is 0 Å². The lowest BCUT2D eigenvalue weighted by Gasteiger charge is -2.26. The van der Waals surface area contributed by atoms with Crippen molar-refractivity contribution in [1.82, 2.24) is 0 Å². The Balaban J connectivity index is 1.19. The fourth-order valence-corrected chi connectivity index (χ4v) is 7.74. The first-order valence-electron chi connectivity index (χ1n) is 21.2. The minimum absolute atomic E-state index is 1.06. The zero-order chi connectivity index (χ0) is 42.4. The predicted octanol–water partition coefficient (Wildman–Crippen LogP) is 16.6. The Morgan fingerprint density at radius 3 is 0.984 bits per heavy atom. The van der Waals surface area contributed by atoms with Crippen molar-refractivity contribution in [3.8, 4) is 0 Å². The minimum atomic E-state index is 1.06. The van der Waals surface area contributed by atoms with Gasteiger partial charge in [0.2, 0.25) is 0 Å². The minimum Gasteiger partial charge on any atom is -0.311 e. The van der Waals surface area contributed by atoms with Crippen LogP contribution in [-0.4, -0.2) is 0 Å². The maximum absolute atomic E-state index is 4.00. The van der Waals surface area contributed by atoms with Crippen molar-refractivity contribution < 1.29 is 0 Å². The van der Waals surface area contributed by atoms with Crippen molar-refractivity contribution in [1.29, 1.82) is 0 Å². The molecular formula is C61H49N. The van der Waals surface area contributed by atoms with E-state index < -0.39 is 0 Å². The summed E-state index contributed by atoms with van der Waals surface area (Å²) in [7, 11) is 0. The maximum Gasteiger partial charge on any atom is 0.0462 e. The molecule has 8 aromatic carbocycles. The van der Waals surface area contributed by atoms with Crippen LogP contribution in [0.2, 0.25) is 0 Å². The lowest BCUT2D eigenvalue weighted by atomic mass is 9.94. The van der Waals surface area contributed by atoms with Gasteiger partial charge in [0.05, 0.1) is 0 Å². The zero-order valence-corrected chi connectivity index (χ0v) is 35.1. The number of hydrogen-bond donors (Lipinski definition) is 0. The molecule has 0 bridgehead atoms. The Morgan fingerprint density at radius 1 is 0.371 bits per heavy atom. The average Bonchev–Trinajstić information content (AvgIpc) is 3.34. The second-order valence-corrected chi connectivity index (χ2v) is 15.0. The molecule has 0 unspecified atom stereocenters. The quantitative estimate of drug-likeness (QED) is 0.0783. The smallest absolute Gasteiger partial charge is 0.0462 e. The van der Waals surface area contributed by atoms with E-state index in [4.69, 9.17) is 0 Å². The van der Waals surface area contributed by atoms with E-state index in [1.165, 1.54) is 33.4 Å². The third-order valence-electron chi connectivity index (χ3n) is 10.8. The molecule has 1 nitrogen and oxygen atoms in total. The highest BCUT2D eigenvalue weighted by atomic mass is 15.1. The highest BCUT2D eigenvalue weighted by Gasteiger charge is 2.15. The zero-order valence-electron chi connectivity index (χ0n) is 35.1. The summed E-state index contributed by atoms with van der Waals surface area (Å²) in [6.07, 6.45) is 15.0. The second-order valence-electron chi connectivity index (χ2n) is 15.0. The molecule has 0 spiro atoms. The van der Waals surface area contributed by atoms with Crippen LogP contribution >= 0.6 is 0 Å². The molecule has 298 valence electrons. The Morgan fingerprint density at radius 2 is 0.677 bits per heavy atom. The van der Waals surface area contributed by atoms with Crippen LogP contribution in [0.5, 0.6) is 0 Å². The van der Waals surface area contributed by atoms with Gasteiger partial charge in [0.1, 0.15) is 0 Å². The van der Waals surface area contributed by atoms with Gasteiger partial charge in [-0.25, -0.2) is 0 Å². The molecule has 0 aliphatic rings. The van der Waals surface area contributed by atoms with Crippen molar-refractivity contribution in [3.05, 3.63) is 305 Å². The number of allylic oxidation sites excluding steroid dienone is 6. The highest BCUT2D eigenvalue weighted by molar-refractivity contribution is 5.95. The van der Waals surface area contributed by atoms with Gasteiger partial charge >= 0.3 is 0 Å². The van der Waals surface area contributed by atoms with Gasteiger partial charge in [0.25, 0.3) is 0 Å². The van der Waals surface area contributed by atoms with Crippen LogP contribution in [0.15, 0.2) is 261 Å². The molecule has 0 fully saturated rings. The van der Waals surface area contributed by atoms with Crippen molar-refractivity contribution in [2.75, 3.05) is 4.90 Å². The summed E-state index contributed by atoms with van der Waals surface area (Å²) in [5.41, 5.74) is 17.1. The molecule has 0 N–H and O–H groups in total. The first-order valence-corrected chi connectivity index (χ1v) is 21.2. The van der Waals surface area contributed by atoms with Gasteiger partial charge in [-0.1, -0.05) is 219 Å². The third kappa shape index (κ3) is 10.1. The Hall–Kier alpha value is -8.00. The van der Waals surface area contributed by atoms with Crippen LogP contribution in [0, 0.1) is 0 Å². The van der Waals surface area contributed by atoms with E-state index in [-0.39, 0.29) is 0 Å². The van der Waals surface area contributed by atoms with Gasteiger partial charge in [0, 0.05) is 17.1 Å². The summed E-state index contributed by atoms with van der Waals surface area (Å²) in [4.78, 5) is 2.33. The Labute approximate surface area is 367 Å². The molecule has 8 aromatic rings. The Bertz CT molecular complexity index is 2610. The summed E-state index contributed by atoms with van der Waals surface area (Å²) < 4.78 is 0. The van der Waals surface area contributed by atoms with Crippen molar-refractivity contribution >= 4 is 52.0 Å². The molecule has 0 aliphatic heterocycles. The van der Waals surface area contributed by atoms with Crippen LogP contribution in [0.1, 0.15) is 51.4 Å². The summed E-state index contributed by atoms with van der Waals surface area (Å²) in [5, 5.41) is 0. The maximum atomic E-state index is 4.00. The average molecular weight is 796 g/mol. The van der Waals surface area contributed by atoms with Gasteiger partial charge in [-0.3, -0.25) is 0 Å². The van der Waals surface area contributed by atoms with Crippen LogP contribution < -0.4 is 4.90 Å². The van der Waals surface area contributed by atoms with Crippen molar-refractivity contribution in [2.45, 2.75) is 6.92 Å². The Kier molecular flexibility index (Phi) is 13.4. The summed E-state index contributed by atoms with van der Waals surface area (Å²) in [6.45, 7) is 6.05. The lowest BCUT2D eigenvalue weighted by Crippen LogP contribution is -2.09. The largest absolute Gasteiger partial charge is 0.311 e. The molecule has 62 heavy (non-hydrogen) atoms. The number of hydrogen-bond acceptors (Lipinski definition) is 1. The summed E-state index contributed by atoms with van der Waals surface area (Å²) >= 11 is 0. The first-order chi connectivity index (χ1) is 30.7. The molecule has 0 saturated heterocycles. The number of nitrogens with zero attached hydrogens (tertiary/aromatic N) is 1. The fourth-order valence-electron chi connectivity index (χ4n) is 7.74. The monoisotopic (exact) mass is 795 g/mol. The molecule has 8 rings (SSSR count). The van der Waals surface area contributed by atoms with E-state index >= 15 is 0 Å². The summed E-state index contributed by atoms with van der Waals surface area (Å²) in [6, 6.07) is 79.6. The molecule has 1 heteroatoms. The van der Waals surface area contributed by atoms with Gasteiger partial charge in [-0.05, 0) is 128 Å².